The molecule has 1 rings (SSSR count). The molecule has 1 amide bonds. The molecule has 0 spiro atoms. The summed E-state index contributed by atoms with van der Waals surface area (Å²) in [5, 5.41) is 0. The number of rotatable bonds is 4. The van der Waals surface area contributed by atoms with E-state index in [4.69, 9.17) is 0 Å². The quantitative estimate of drug-likeness (QED) is 0.819. The molecule has 100 valence electrons. The molecular formula is C10H13BrN2O4S. The Morgan fingerprint density at radius 3 is 2.67 bits per heavy atom. The smallest absolute Gasteiger partial charge is 0.422 e. The van der Waals surface area contributed by atoms with E-state index in [2.05, 4.69) is 20.7 Å². The molecule has 0 aromatic heterocycles. The maximum atomic E-state index is 11.9. The summed E-state index contributed by atoms with van der Waals surface area (Å²) >= 11 is 3.16. The van der Waals surface area contributed by atoms with Crippen LogP contribution in [0.1, 0.15) is 12.5 Å². The van der Waals surface area contributed by atoms with E-state index in [-0.39, 0.29) is 11.5 Å². The molecule has 0 radical (unpaired) electrons. The monoisotopic (exact) mass is 336 g/mol. The van der Waals surface area contributed by atoms with E-state index in [1.54, 1.807) is 19.1 Å². The maximum absolute atomic E-state index is 11.9. The van der Waals surface area contributed by atoms with E-state index in [0.717, 1.165) is 5.56 Å². The molecular weight excluding hydrogens is 324 g/mol. The molecule has 18 heavy (non-hydrogen) atoms. The van der Waals surface area contributed by atoms with Crippen molar-refractivity contribution in [1.29, 1.82) is 0 Å². The highest BCUT2D eigenvalue weighted by Crippen LogP contribution is 2.22. The lowest BCUT2D eigenvalue weighted by Crippen LogP contribution is -2.41. The summed E-state index contributed by atoms with van der Waals surface area (Å²) in [5.41, 5.74) is 2.86. The first-order valence-electron chi connectivity index (χ1n) is 5.07. The Balaban J connectivity index is 2.83. The van der Waals surface area contributed by atoms with Crippen molar-refractivity contribution in [2.75, 3.05) is 6.61 Å². The minimum atomic E-state index is -3.83. The van der Waals surface area contributed by atoms with Gasteiger partial charge in [0.2, 0.25) is 0 Å². The Labute approximate surface area is 114 Å². The lowest BCUT2D eigenvalue weighted by Gasteiger charge is -2.09. The standard InChI is InChI=1S/C10H13BrN2O4S/c1-3-17-10(14)12-13-18(15,16)9-5-4-7(2)6-8(9)11/h4-6,13H,3H2,1-2H3,(H,12,14). The number of nitrogens with one attached hydrogen (secondary N) is 2. The van der Waals surface area contributed by atoms with Gasteiger partial charge >= 0.3 is 6.09 Å². The molecule has 0 saturated heterocycles. The van der Waals surface area contributed by atoms with Gasteiger partial charge in [0.25, 0.3) is 10.0 Å². The van der Waals surface area contributed by atoms with Crippen LogP contribution >= 0.6 is 15.9 Å². The van der Waals surface area contributed by atoms with Crippen LogP contribution in [0.25, 0.3) is 0 Å². The number of amides is 1. The fourth-order valence-electron chi connectivity index (χ4n) is 1.15. The molecule has 0 aliphatic heterocycles. The number of carbonyl (C=O) groups excluding carboxylic acids is 1. The molecule has 0 saturated carbocycles. The van der Waals surface area contributed by atoms with Crippen LogP contribution in [0, 0.1) is 6.92 Å². The van der Waals surface area contributed by atoms with Gasteiger partial charge in [-0.25, -0.2) is 18.6 Å². The zero-order valence-electron chi connectivity index (χ0n) is 9.86. The van der Waals surface area contributed by atoms with E-state index in [0.29, 0.717) is 4.47 Å². The highest BCUT2D eigenvalue weighted by molar-refractivity contribution is 9.10. The molecule has 0 bridgehead atoms. The Morgan fingerprint density at radius 1 is 1.44 bits per heavy atom. The third-order valence-corrected chi connectivity index (χ3v) is 4.16. The van der Waals surface area contributed by atoms with Gasteiger partial charge in [0.1, 0.15) is 0 Å². The zero-order chi connectivity index (χ0) is 13.8. The molecule has 0 atom stereocenters. The largest absolute Gasteiger partial charge is 0.449 e. The van der Waals surface area contributed by atoms with Gasteiger partial charge in [-0.1, -0.05) is 6.07 Å². The fraction of sp³-hybridized carbons (Fsp3) is 0.300. The molecule has 0 aliphatic carbocycles. The Kier molecular flexibility index (Phi) is 5.12. The minimum Gasteiger partial charge on any atom is -0.449 e. The Bertz CT molecular complexity index is 545. The number of hydrogen-bond donors (Lipinski definition) is 2. The molecule has 6 nitrogen and oxygen atoms in total. The highest BCUT2D eigenvalue weighted by Gasteiger charge is 2.18. The Hall–Kier alpha value is -1.12. The number of benzene rings is 1. The van der Waals surface area contributed by atoms with Crippen molar-refractivity contribution in [2.45, 2.75) is 18.7 Å². The first kappa shape index (κ1) is 14.9. The van der Waals surface area contributed by atoms with Crippen LogP contribution in [0.2, 0.25) is 0 Å². The number of sulfonamides is 1. The number of ether oxygens (including phenoxy) is 1. The average molecular weight is 337 g/mol. The normalized spacial score (nSPS) is 11.1. The lowest BCUT2D eigenvalue weighted by molar-refractivity contribution is 0.150. The summed E-state index contributed by atoms with van der Waals surface area (Å²) in [7, 11) is -3.83. The third kappa shape index (κ3) is 3.97. The van der Waals surface area contributed by atoms with Gasteiger partial charge in [-0.3, -0.25) is 0 Å². The minimum absolute atomic E-state index is 0.0323. The van der Waals surface area contributed by atoms with Crippen molar-refractivity contribution in [3.05, 3.63) is 28.2 Å². The van der Waals surface area contributed by atoms with Crippen LogP contribution in [0.3, 0.4) is 0 Å². The van der Waals surface area contributed by atoms with Crippen LogP contribution in [-0.2, 0) is 14.8 Å². The second kappa shape index (κ2) is 6.17. The van der Waals surface area contributed by atoms with Crippen LogP contribution < -0.4 is 10.3 Å². The number of hydrogen-bond acceptors (Lipinski definition) is 4. The van der Waals surface area contributed by atoms with Crippen LogP contribution in [0.15, 0.2) is 27.6 Å². The van der Waals surface area contributed by atoms with E-state index < -0.39 is 16.1 Å². The molecule has 1 aromatic rings. The first-order valence-corrected chi connectivity index (χ1v) is 7.35. The summed E-state index contributed by atoms with van der Waals surface area (Å²) in [6, 6.07) is 4.76. The molecule has 0 aliphatic rings. The molecule has 8 heteroatoms. The van der Waals surface area contributed by atoms with Crippen LogP contribution in [-0.4, -0.2) is 21.1 Å². The van der Waals surface area contributed by atoms with Crippen molar-refractivity contribution < 1.29 is 17.9 Å². The third-order valence-electron chi connectivity index (χ3n) is 1.94. The number of hydrazine groups is 1. The Morgan fingerprint density at radius 2 is 2.11 bits per heavy atom. The van der Waals surface area contributed by atoms with Gasteiger partial charge in [0.15, 0.2) is 0 Å². The van der Waals surface area contributed by atoms with Crippen molar-refractivity contribution in [2.24, 2.45) is 0 Å². The first-order chi connectivity index (χ1) is 8.36. The van der Waals surface area contributed by atoms with E-state index >= 15 is 0 Å². The fourth-order valence-corrected chi connectivity index (χ4v) is 3.18. The van der Waals surface area contributed by atoms with Crippen LogP contribution in [0.5, 0.6) is 0 Å². The van der Waals surface area contributed by atoms with Gasteiger partial charge in [-0.2, -0.15) is 0 Å². The summed E-state index contributed by atoms with van der Waals surface area (Å²) in [6.07, 6.45) is -0.857. The molecule has 0 unspecified atom stereocenters. The topological polar surface area (TPSA) is 84.5 Å². The summed E-state index contributed by atoms with van der Waals surface area (Å²) in [4.78, 5) is 13.0. The highest BCUT2D eigenvalue weighted by atomic mass is 79.9. The summed E-state index contributed by atoms with van der Waals surface area (Å²) in [5.74, 6) is 0. The number of halogens is 1. The van der Waals surface area contributed by atoms with Crippen molar-refractivity contribution in [3.8, 4) is 0 Å². The second-order valence-corrected chi connectivity index (χ2v) is 5.89. The van der Waals surface area contributed by atoms with Crippen LogP contribution in [0.4, 0.5) is 4.79 Å². The van der Waals surface area contributed by atoms with Crippen molar-refractivity contribution in [1.82, 2.24) is 10.3 Å². The maximum Gasteiger partial charge on any atom is 0.422 e. The summed E-state index contributed by atoms with van der Waals surface area (Å²) in [6.45, 7) is 3.61. The van der Waals surface area contributed by atoms with Gasteiger partial charge in [0, 0.05) is 4.47 Å². The zero-order valence-corrected chi connectivity index (χ0v) is 12.3. The predicted octanol–water partition coefficient (Wildman–Crippen LogP) is 1.70. The second-order valence-electron chi connectivity index (χ2n) is 3.38. The average Bonchev–Trinajstić information content (AvgIpc) is 2.26. The van der Waals surface area contributed by atoms with E-state index in [1.807, 2.05) is 17.2 Å². The molecule has 2 N–H and O–H groups in total. The number of carbonyl (C=O) groups is 1. The predicted molar refractivity (Wildman–Crippen MR) is 69.4 cm³/mol. The van der Waals surface area contributed by atoms with Crippen molar-refractivity contribution >= 4 is 32.0 Å². The lowest BCUT2D eigenvalue weighted by atomic mass is 10.2. The van der Waals surface area contributed by atoms with Gasteiger partial charge in [0.05, 0.1) is 11.5 Å². The van der Waals surface area contributed by atoms with Gasteiger partial charge in [-0.15, -0.1) is 4.83 Å². The molecule has 0 fully saturated rings. The van der Waals surface area contributed by atoms with E-state index in [1.165, 1.54) is 6.07 Å². The molecule has 0 heterocycles. The molecule has 1 aromatic carbocycles. The van der Waals surface area contributed by atoms with Gasteiger partial charge < -0.3 is 4.74 Å². The summed E-state index contributed by atoms with van der Waals surface area (Å²) < 4.78 is 28.7. The SMILES string of the molecule is CCOC(=O)NNS(=O)(=O)c1ccc(C)cc1Br. The van der Waals surface area contributed by atoms with E-state index in [9.17, 15) is 13.2 Å². The van der Waals surface area contributed by atoms with Gasteiger partial charge in [-0.05, 0) is 47.5 Å². The van der Waals surface area contributed by atoms with Crippen molar-refractivity contribution in [3.63, 3.8) is 0 Å². The number of aryl methyl sites for hydroxylation is 1.